The van der Waals surface area contributed by atoms with E-state index in [0.29, 0.717) is 40.0 Å². The van der Waals surface area contributed by atoms with Crippen LogP contribution in [0.4, 0.5) is 5.69 Å². The van der Waals surface area contributed by atoms with Crippen molar-refractivity contribution in [2.24, 2.45) is 5.73 Å². The Morgan fingerprint density at radius 3 is 2.83 bits per heavy atom. The third kappa shape index (κ3) is 3.80. The molecule has 0 aliphatic carbocycles. The topological polar surface area (TPSA) is 64.1 Å². The van der Waals surface area contributed by atoms with Gasteiger partial charge in [-0.05, 0) is 25.3 Å². The van der Waals surface area contributed by atoms with E-state index >= 15 is 0 Å². The summed E-state index contributed by atoms with van der Waals surface area (Å²) < 4.78 is 5.94. The first kappa shape index (κ1) is 16.6. The Hall–Kier alpha value is -1.27. The van der Waals surface area contributed by atoms with Gasteiger partial charge in [0.25, 0.3) is 0 Å². The predicted molar refractivity (Wildman–Crippen MR) is 97.6 cm³/mol. The highest BCUT2D eigenvalue weighted by atomic mass is 35.5. The van der Waals surface area contributed by atoms with Crippen molar-refractivity contribution in [2.75, 3.05) is 5.32 Å². The van der Waals surface area contributed by atoms with E-state index in [0.717, 1.165) is 5.69 Å². The summed E-state index contributed by atoms with van der Waals surface area (Å²) in [5.41, 5.74) is 7.59. The average molecular weight is 370 g/mol. The van der Waals surface area contributed by atoms with E-state index in [2.05, 4.69) is 16.4 Å². The van der Waals surface area contributed by atoms with E-state index in [4.69, 9.17) is 33.4 Å². The van der Waals surface area contributed by atoms with E-state index < -0.39 is 5.54 Å². The van der Waals surface area contributed by atoms with Gasteiger partial charge in [-0.2, -0.15) is 0 Å². The first-order valence-corrected chi connectivity index (χ1v) is 8.79. The molecule has 0 saturated heterocycles. The zero-order valence-electron chi connectivity index (χ0n) is 12.8. The molecule has 0 fully saturated rings. The van der Waals surface area contributed by atoms with E-state index in [9.17, 15) is 0 Å². The molecule has 3 aromatic heterocycles. The molecule has 3 aromatic rings. The summed E-state index contributed by atoms with van der Waals surface area (Å²) in [6.07, 6.45) is 0.518. The van der Waals surface area contributed by atoms with Crippen LogP contribution in [0.15, 0.2) is 28.0 Å². The van der Waals surface area contributed by atoms with Gasteiger partial charge in [0.2, 0.25) is 0 Å². The number of aromatic nitrogens is 1. The number of halogens is 2. The minimum atomic E-state index is -0.425. The molecule has 0 bridgehead atoms. The van der Waals surface area contributed by atoms with Crippen molar-refractivity contribution in [1.29, 1.82) is 0 Å². The number of rotatable bonds is 5. The molecule has 0 aliphatic heterocycles. The van der Waals surface area contributed by atoms with Gasteiger partial charge in [-0.1, -0.05) is 29.3 Å². The van der Waals surface area contributed by atoms with E-state index in [-0.39, 0.29) is 0 Å². The molecule has 0 aliphatic rings. The minimum absolute atomic E-state index is 0.368. The lowest BCUT2D eigenvalue weighted by molar-refractivity contribution is 0.447. The summed E-state index contributed by atoms with van der Waals surface area (Å²) in [4.78, 5) is 5.51. The van der Waals surface area contributed by atoms with Crippen LogP contribution in [-0.2, 0) is 13.0 Å². The maximum Gasteiger partial charge on any atom is 0.177 e. The molecular weight excluding hydrogens is 353 g/mol. The van der Waals surface area contributed by atoms with Gasteiger partial charge in [0.15, 0.2) is 5.58 Å². The van der Waals surface area contributed by atoms with E-state index in [1.165, 1.54) is 4.88 Å². The summed E-state index contributed by atoms with van der Waals surface area (Å²) in [5, 5.41) is 6.22. The highest BCUT2D eigenvalue weighted by molar-refractivity contribution is 7.09. The number of fused-ring (bicyclic) bond motifs is 1. The number of pyridine rings is 1. The number of anilines is 1. The molecule has 7 heteroatoms. The molecule has 3 heterocycles. The molecule has 4 nitrogen and oxygen atoms in total. The lowest BCUT2D eigenvalue weighted by atomic mass is 10.0. The maximum absolute atomic E-state index is 6.41. The number of nitrogens with one attached hydrogen (secondary N) is 1. The molecular formula is C16H17Cl2N3OS. The number of hydrogen-bond acceptors (Lipinski definition) is 5. The summed E-state index contributed by atoms with van der Waals surface area (Å²) >= 11 is 14.2. The molecule has 23 heavy (non-hydrogen) atoms. The number of hydrogen-bond donors (Lipinski definition) is 2. The fourth-order valence-corrected chi connectivity index (χ4v) is 3.38. The van der Waals surface area contributed by atoms with Gasteiger partial charge in [-0.3, -0.25) is 0 Å². The van der Waals surface area contributed by atoms with Gasteiger partial charge in [-0.15, -0.1) is 11.3 Å². The number of nitrogens with zero attached hydrogens (tertiary/aromatic N) is 1. The first-order chi connectivity index (χ1) is 10.8. The zero-order valence-corrected chi connectivity index (χ0v) is 15.1. The van der Waals surface area contributed by atoms with Crippen molar-refractivity contribution >= 4 is 51.3 Å². The Kier molecular flexibility index (Phi) is 4.56. The van der Waals surface area contributed by atoms with Crippen molar-refractivity contribution in [2.45, 2.75) is 32.4 Å². The Labute approximate surface area is 148 Å². The highest BCUT2D eigenvalue weighted by Crippen LogP contribution is 2.36. The summed E-state index contributed by atoms with van der Waals surface area (Å²) in [6, 6.07) is 5.83. The molecule has 0 unspecified atom stereocenters. The molecule has 122 valence electrons. The Bertz CT molecular complexity index is 822. The van der Waals surface area contributed by atoms with Crippen molar-refractivity contribution in [3.05, 3.63) is 44.4 Å². The van der Waals surface area contributed by atoms with Crippen LogP contribution < -0.4 is 11.1 Å². The van der Waals surface area contributed by atoms with Crippen LogP contribution in [0, 0.1) is 0 Å². The lowest BCUT2D eigenvalue weighted by Crippen LogP contribution is -2.34. The van der Waals surface area contributed by atoms with Gasteiger partial charge in [0.05, 0.1) is 5.69 Å². The molecule has 0 radical (unpaired) electrons. The number of furan rings is 1. The fourth-order valence-electron chi connectivity index (χ4n) is 2.31. The van der Waals surface area contributed by atoms with Crippen LogP contribution in [0.2, 0.25) is 10.2 Å². The lowest BCUT2D eigenvalue weighted by Gasteiger charge is -2.16. The van der Waals surface area contributed by atoms with Crippen molar-refractivity contribution < 1.29 is 4.42 Å². The molecule has 3 N–H and O–H groups in total. The van der Waals surface area contributed by atoms with Gasteiger partial charge in [-0.25, -0.2) is 4.98 Å². The van der Waals surface area contributed by atoms with Crippen molar-refractivity contribution in [1.82, 2.24) is 4.98 Å². The van der Waals surface area contributed by atoms with Gasteiger partial charge in [0.1, 0.15) is 21.5 Å². The maximum atomic E-state index is 6.41. The molecule has 0 atom stereocenters. The second-order valence-electron chi connectivity index (χ2n) is 6.11. The number of thiophene rings is 1. The zero-order chi connectivity index (χ0) is 16.6. The number of nitrogens with two attached hydrogens (primary N) is 1. The largest absolute Gasteiger partial charge is 0.455 e. The molecule has 0 saturated carbocycles. The summed E-state index contributed by atoms with van der Waals surface area (Å²) in [7, 11) is 0. The molecule has 0 amide bonds. The van der Waals surface area contributed by atoms with Crippen molar-refractivity contribution in [3.63, 3.8) is 0 Å². The van der Waals surface area contributed by atoms with Gasteiger partial charge < -0.3 is 15.5 Å². The first-order valence-electron chi connectivity index (χ1n) is 7.16. The Morgan fingerprint density at radius 2 is 2.17 bits per heavy atom. The Balaban J connectivity index is 1.98. The van der Waals surface area contributed by atoms with E-state index in [1.807, 2.05) is 25.3 Å². The minimum Gasteiger partial charge on any atom is -0.455 e. The molecule has 3 rings (SSSR count). The van der Waals surface area contributed by atoms with Crippen LogP contribution >= 0.6 is 34.5 Å². The third-order valence-corrected chi connectivity index (χ3v) is 4.73. The van der Waals surface area contributed by atoms with Crippen LogP contribution in [0.5, 0.6) is 0 Å². The SMILES string of the molecule is CC(C)(N)Cc1oc2c(NCc3cccs3)cc(Cl)nc2c1Cl. The monoisotopic (exact) mass is 369 g/mol. The molecule has 0 spiro atoms. The van der Waals surface area contributed by atoms with Gasteiger partial charge >= 0.3 is 0 Å². The smallest absolute Gasteiger partial charge is 0.177 e. The highest BCUT2D eigenvalue weighted by Gasteiger charge is 2.22. The van der Waals surface area contributed by atoms with Crippen molar-refractivity contribution in [3.8, 4) is 0 Å². The summed E-state index contributed by atoms with van der Waals surface area (Å²) in [5.74, 6) is 0.628. The van der Waals surface area contributed by atoms with E-state index in [1.54, 1.807) is 17.4 Å². The van der Waals surface area contributed by atoms with Crippen LogP contribution in [0.25, 0.3) is 11.1 Å². The van der Waals surface area contributed by atoms with Gasteiger partial charge in [0, 0.05) is 29.4 Å². The van der Waals surface area contributed by atoms with Crippen LogP contribution in [0.1, 0.15) is 24.5 Å². The Morgan fingerprint density at radius 1 is 1.39 bits per heavy atom. The second-order valence-corrected chi connectivity index (χ2v) is 7.91. The van der Waals surface area contributed by atoms with Crippen LogP contribution in [-0.4, -0.2) is 10.5 Å². The average Bonchev–Trinajstić information content (AvgIpc) is 3.06. The van der Waals surface area contributed by atoms with Crippen LogP contribution in [0.3, 0.4) is 0 Å². The normalized spacial score (nSPS) is 12.0. The standard InChI is InChI=1S/C16H17Cl2N3OS/c1-16(2,19)7-11-13(18)14-15(22-11)10(6-12(17)21-14)20-8-9-4-3-5-23-9/h3-6H,7-8,19H2,1-2H3,(H,20,21). The summed E-state index contributed by atoms with van der Waals surface area (Å²) in [6.45, 7) is 4.53. The third-order valence-electron chi connectivity index (χ3n) is 3.27. The fraction of sp³-hybridized carbons (Fsp3) is 0.312. The second kappa shape index (κ2) is 6.32. The quantitative estimate of drug-likeness (QED) is 0.614. The predicted octanol–water partition coefficient (Wildman–Crippen LogP) is 5.09. The molecule has 0 aromatic carbocycles.